The predicted molar refractivity (Wildman–Crippen MR) is 55.5 cm³/mol. The molecule has 0 spiro atoms. The van der Waals surface area contributed by atoms with Crippen molar-refractivity contribution in [3.05, 3.63) is 27.3 Å². The maximum atomic E-state index is 12.2. The Labute approximate surface area is 97.7 Å². The average molecular weight is 351 g/mol. The summed E-state index contributed by atoms with van der Waals surface area (Å²) in [6.45, 7) is 0. The zero-order valence-electron chi connectivity index (χ0n) is 7.05. The standard InChI is InChI=1S/C7H5F3INO2S/c8-7(9,10)4-1-2-5(11)6(3-4)15(12,13)14/h1-3H,(H2,12,13,14). The molecule has 0 unspecified atom stereocenters. The molecule has 0 aliphatic carbocycles. The van der Waals surface area contributed by atoms with Gasteiger partial charge in [-0.2, -0.15) is 13.2 Å². The molecule has 0 saturated carbocycles. The Balaban J connectivity index is 3.43. The van der Waals surface area contributed by atoms with E-state index in [1.165, 1.54) is 0 Å². The fourth-order valence-electron chi connectivity index (χ4n) is 0.898. The SMILES string of the molecule is NS(=O)(=O)c1cc(C(F)(F)F)ccc1I. The zero-order valence-corrected chi connectivity index (χ0v) is 10.0. The van der Waals surface area contributed by atoms with E-state index in [9.17, 15) is 21.6 Å². The molecule has 0 amide bonds. The molecule has 0 bridgehead atoms. The van der Waals surface area contributed by atoms with Gasteiger partial charge in [-0.05, 0) is 40.8 Å². The molecule has 0 atom stereocenters. The van der Waals surface area contributed by atoms with Gasteiger partial charge >= 0.3 is 6.18 Å². The molecule has 0 aliphatic rings. The van der Waals surface area contributed by atoms with Crippen molar-refractivity contribution in [1.82, 2.24) is 0 Å². The first-order valence-corrected chi connectivity index (χ1v) is 6.14. The zero-order chi connectivity index (χ0) is 11.9. The summed E-state index contributed by atoms with van der Waals surface area (Å²) in [6, 6.07) is 2.39. The molecule has 0 saturated heterocycles. The first-order chi connectivity index (χ1) is 6.62. The Hall–Kier alpha value is -0.350. The molecule has 15 heavy (non-hydrogen) atoms. The van der Waals surface area contributed by atoms with Crippen LogP contribution in [0, 0.1) is 3.57 Å². The quantitative estimate of drug-likeness (QED) is 0.787. The normalized spacial score (nSPS) is 12.9. The van der Waals surface area contributed by atoms with Crippen molar-refractivity contribution in [2.75, 3.05) is 0 Å². The second kappa shape index (κ2) is 3.91. The van der Waals surface area contributed by atoms with E-state index in [2.05, 4.69) is 0 Å². The van der Waals surface area contributed by atoms with Crippen LogP contribution in [0.25, 0.3) is 0 Å². The third-order valence-electron chi connectivity index (χ3n) is 1.57. The molecule has 8 heteroatoms. The molecule has 84 valence electrons. The van der Waals surface area contributed by atoms with Crippen molar-refractivity contribution in [3.63, 3.8) is 0 Å². The third-order valence-corrected chi connectivity index (χ3v) is 3.82. The molecule has 1 rings (SSSR count). The van der Waals surface area contributed by atoms with E-state index >= 15 is 0 Å². The van der Waals surface area contributed by atoms with E-state index < -0.39 is 26.7 Å². The van der Waals surface area contributed by atoms with Crippen LogP contribution in [-0.2, 0) is 16.2 Å². The molecule has 3 nitrogen and oxygen atoms in total. The lowest BCUT2D eigenvalue weighted by molar-refractivity contribution is -0.137. The van der Waals surface area contributed by atoms with E-state index in [1.807, 2.05) is 0 Å². The summed E-state index contributed by atoms with van der Waals surface area (Å²) >= 11 is 1.60. The Morgan fingerprint density at radius 1 is 1.27 bits per heavy atom. The second-order valence-electron chi connectivity index (χ2n) is 2.69. The number of alkyl halides is 3. The molecule has 0 aliphatic heterocycles. The van der Waals surface area contributed by atoms with Gasteiger partial charge in [-0.1, -0.05) is 0 Å². The van der Waals surface area contributed by atoms with Crippen molar-refractivity contribution >= 4 is 32.6 Å². The first kappa shape index (κ1) is 12.7. The van der Waals surface area contributed by atoms with E-state index in [4.69, 9.17) is 5.14 Å². The molecule has 2 N–H and O–H groups in total. The minimum atomic E-state index is -4.58. The van der Waals surface area contributed by atoms with Crippen LogP contribution in [0.2, 0.25) is 0 Å². The van der Waals surface area contributed by atoms with Gasteiger partial charge in [-0.3, -0.25) is 0 Å². The maximum absolute atomic E-state index is 12.2. The first-order valence-electron chi connectivity index (χ1n) is 3.52. The lowest BCUT2D eigenvalue weighted by Crippen LogP contribution is -2.15. The average Bonchev–Trinajstić information content (AvgIpc) is 2.00. The second-order valence-corrected chi connectivity index (χ2v) is 5.38. The molecule has 0 heterocycles. The van der Waals surface area contributed by atoms with Gasteiger partial charge in [0.05, 0.1) is 10.5 Å². The summed E-state index contributed by atoms with van der Waals surface area (Å²) in [5.41, 5.74) is -1.04. The molecular formula is C7H5F3INO2S. The summed E-state index contributed by atoms with van der Waals surface area (Å²) in [5.74, 6) is 0. The smallest absolute Gasteiger partial charge is 0.225 e. The number of sulfonamides is 1. The number of halogens is 4. The highest BCUT2D eigenvalue weighted by Crippen LogP contribution is 2.31. The van der Waals surface area contributed by atoms with Crippen LogP contribution in [0.4, 0.5) is 13.2 Å². The minimum absolute atomic E-state index is 0.156. The topological polar surface area (TPSA) is 60.2 Å². The van der Waals surface area contributed by atoms with E-state index in [-0.39, 0.29) is 3.57 Å². The van der Waals surface area contributed by atoms with Gasteiger partial charge in [0, 0.05) is 3.57 Å². The Morgan fingerprint density at radius 2 is 1.80 bits per heavy atom. The van der Waals surface area contributed by atoms with E-state index in [0.717, 1.165) is 12.1 Å². The van der Waals surface area contributed by atoms with Gasteiger partial charge in [0.1, 0.15) is 0 Å². The van der Waals surface area contributed by atoms with Crippen molar-refractivity contribution in [2.45, 2.75) is 11.1 Å². The van der Waals surface area contributed by atoms with Crippen LogP contribution in [0.3, 0.4) is 0 Å². The van der Waals surface area contributed by atoms with E-state index in [1.54, 1.807) is 22.6 Å². The number of primary sulfonamides is 1. The molecule has 0 radical (unpaired) electrons. The predicted octanol–water partition coefficient (Wildman–Crippen LogP) is 1.96. The monoisotopic (exact) mass is 351 g/mol. The molecule has 1 aromatic rings. The lowest BCUT2D eigenvalue weighted by Gasteiger charge is -2.08. The Morgan fingerprint density at radius 3 is 2.20 bits per heavy atom. The van der Waals surface area contributed by atoms with Crippen LogP contribution in [0.15, 0.2) is 23.1 Å². The summed E-state index contributed by atoms with van der Waals surface area (Å²) < 4.78 is 58.8. The van der Waals surface area contributed by atoms with Crippen molar-refractivity contribution < 1.29 is 21.6 Å². The van der Waals surface area contributed by atoms with Crippen molar-refractivity contribution in [3.8, 4) is 0 Å². The van der Waals surface area contributed by atoms with Crippen LogP contribution >= 0.6 is 22.6 Å². The number of benzene rings is 1. The number of hydrogen-bond donors (Lipinski definition) is 1. The highest BCUT2D eigenvalue weighted by molar-refractivity contribution is 14.1. The van der Waals surface area contributed by atoms with Gasteiger partial charge in [0.15, 0.2) is 0 Å². The van der Waals surface area contributed by atoms with Crippen LogP contribution in [-0.4, -0.2) is 8.42 Å². The van der Waals surface area contributed by atoms with Gasteiger partial charge in [0.2, 0.25) is 10.0 Å². The summed E-state index contributed by atoms with van der Waals surface area (Å²) in [7, 11) is -4.12. The molecule has 1 aromatic carbocycles. The lowest BCUT2D eigenvalue weighted by atomic mass is 10.2. The minimum Gasteiger partial charge on any atom is -0.225 e. The van der Waals surface area contributed by atoms with Crippen molar-refractivity contribution in [1.29, 1.82) is 0 Å². The number of hydrogen-bond acceptors (Lipinski definition) is 2. The maximum Gasteiger partial charge on any atom is 0.416 e. The van der Waals surface area contributed by atoms with Gasteiger partial charge in [-0.25, -0.2) is 13.6 Å². The Bertz CT molecular complexity index is 483. The molecular weight excluding hydrogens is 346 g/mol. The summed E-state index contributed by atoms with van der Waals surface area (Å²) in [6.07, 6.45) is -4.58. The van der Waals surface area contributed by atoms with Crippen LogP contribution in [0.5, 0.6) is 0 Å². The summed E-state index contributed by atoms with van der Waals surface area (Å²) in [5, 5.41) is 4.77. The summed E-state index contributed by atoms with van der Waals surface area (Å²) in [4.78, 5) is -0.516. The van der Waals surface area contributed by atoms with Gasteiger partial charge < -0.3 is 0 Å². The number of rotatable bonds is 1. The highest BCUT2D eigenvalue weighted by Gasteiger charge is 2.32. The molecule has 0 fully saturated rings. The highest BCUT2D eigenvalue weighted by atomic mass is 127. The van der Waals surface area contributed by atoms with Crippen LogP contribution in [0.1, 0.15) is 5.56 Å². The van der Waals surface area contributed by atoms with E-state index in [0.29, 0.717) is 6.07 Å². The van der Waals surface area contributed by atoms with Gasteiger partial charge in [-0.15, -0.1) is 0 Å². The van der Waals surface area contributed by atoms with Crippen LogP contribution < -0.4 is 5.14 Å². The largest absolute Gasteiger partial charge is 0.416 e. The van der Waals surface area contributed by atoms with Gasteiger partial charge in [0.25, 0.3) is 0 Å². The number of nitrogens with two attached hydrogens (primary N) is 1. The van der Waals surface area contributed by atoms with Crippen molar-refractivity contribution in [2.24, 2.45) is 5.14 Å². The fraction of sp³-hybridized carbons (Fsp3) is 0.143. The molecule has 0 aromatic heterocycles. The fourth-order valence-corrected chi connectivity index (χ4v) is 2.79. The third kappa shape index (κ3) is 3.05. The Kier molecular flexibility index (Phi) is 3.31.